The lowest BCUT2D eigenvalue weighted by Gasteiger charge is -2.18. The van der Waals surface area contributed by atoms with Crippen LogP contribution in [-0.2, 0) is 13.0 Å². The molecule has 0 aliphatic carbocycles. The first kappa shape index (κ1) is 16.5. The summed E-state index contributed by atoms with van der Waals surface area (Å²) in [5.74, 6) is 0.903. The van der Waals surface area contributed by atoms with Crippen LogP contribution in [0.15, 0.2) is 12.4 Å². The van der Waals surface area contributed by atoms with Crippen molar-refractivity contribution in [3.8, 4) is 0 Å². The average Bonchev–Trinajstić information content (AvgIpc) is 3.26. The molecule has 0 spiro atoms. The van der Waals surface area contributed by atoms with Crippen molar-refractivity contribution in [3.63, 3.8) is 0 Å². The molecule has 0 saturated carbocycles. The molecule has 2 aromatic heterocycles. The molecular weight excluding hydrogens is 306 g/mol. The third kappa shape index (κ3) is 3.42. The Bertz CT molecular complexity index is 705. The first-order valence-electron chi connectivity index (χ1n) is 8.50. The summed E-state index contributed by atoms with van der Waals surface area (Å²) < 4.78 is 4.03. The van der Waals surface area contributed by atoms with E-state index in [1.807, 2.05) is 21.1 Å². The average molecular weight is 331 g/mol. The van der Waals surface area contributed by atoms with E-state index in [1.54, 1.807) is 6.33 Å². The fraction of sp³-hybridized carbons (Fsp3) is 0.625. The van der Waals surface area contributed by atoms with E-state index < -0.39 is 0 Å². The van der Waals surface area contributed by atoms with Crippen molar-refractivity contribution in [1.29, 1.82) is 0 Å². The van der Waals surface area contributed by atoms with Crippen LogP contribution in [0.3, 0.4) is 0 Å². The molecule has 3 rings (SSSR count). The van der Waals surface area contributed by atoms with E-state index in [9.17, 15) is 4.79 Å². The lowest BCUT2D eigenvalue weighted by molar-refractivity contribution is 0.207. The second-order valence-electron chi connectivity index (χ2n) is 6.28. The molecule has 3 heterocycles. The Hall–Kier alpha value is -2.38. The molecule has 0 bridgehead atoms. The van der Waals surface area contributed by atoms with E-state index in [0.29, 0.717) is 19.5 Å². The Kier molecular flexibility index (Phi) is 4.82. The van der Waals surface area contributed by atoms with Crippen molar-refractivity contribution in [1.82, 2.24) is 34.8 Å². The summed E-state index contributed by atoms with van der Waals surface area (Å²) in [5.41, 5.74) is 2.18. The van der Waals surface area contributed by atoms with Crippen LogP contribution in [-0.4, -0.2) is 55.1 Å². The molecule has 0 unspecified atom stereocenters. The lowest BCUT2D eigenvalue weighted by atomic mass is 10.2. The lowest BCUT2D eigenvalue weighted by Crippen LogP contribution is -2.39. The number of rotatable bonds is 5. The van der Waals surface area contributed by atoms with Gasteiger partial charge < -0.3 is 14.8 Å². The van der Waals surface area contributed by atoms with Crippen LogP contribution in [0.25, 0.3) is 0 Å². The highest BCUT2D eigenvalue weighted by molar-refractivity contribution is 5.74. The summed E-state index contributed by atoms with van der Waals surface area (Å²) in [4.78, 5) is 14.2. The zero-order valence-corrected chi connectivity index (χ0v) is 14.6. The van der Waals surface area contributed by atoms with Crippen molar-refractivity contribution in [3.05, 3.63) is 29.6 Å². The molecule has 2 aromatic rings. The molecule has 1 aliphatic heterocycles. The molecule has 130 valence electrons. The summed E-state index contributed by atoms with van der Waals surface area (Å²) in [6, 6.07) is 2.33. The van der Waals surface area contributed by atoms with Crippen LogP contribution < -0.4 is 5.32 Å². The highest BCUT2D eigenvalue weighted by Gasteiger charge is 2.28. The zero-order chi connectivity index (χ0) is 17.1. The molecule has 1 aliphatic rings. The Morgan fingerprint density at radius 2 is 2.25 bits per heavy atom. The Morgan fingerprint density at radius 3 is 2.96 bits per heavy atom. The van der Waals surface area contributed by atoms with Crippen molar-refractivity contribution >= 4 is 6.03 Å². The van der Waals surface area contributed by atoms with Gasteiger partial charge in [-0.2, -0.15) is 5.10 Å². The van der Waals surface area contributed by atoms with E-state index >= 15 is 0 Å². The third-order valence-corrected chi connectivity index (χ3v) is 4.50. The maximum absolute atomic E-state index is 12.3. The molecule has 0 radical (unpaired) electrons. The van der Waals surface area contributed by atoms with Gasteiger partial charge in [-0.1, -0.05) is 0 Å². The molecule has 1 N–H and O–H groups in total. The van der Waals surface area contributed by atoms with Gasteiger partial charge in [-0.15, -0.1) is 10.2 Å². The highest BCUT2D eigenvalue weighted by Crippen LogP contribution is 2.22. The smallest absolute Gasteiger partial charge is 0.317 e. The predicted molar refractivity (Wildman–Crippen MR) is 89.7 cm³/mol. The number of nitrogens with zero attached hydrogens (tertiary/aromatic N) is 6. The van der Waals surface area contributed by atoms with E-state index in [0.717, 1.165) is 36.7 Å². The largest absolute Gasteiger partial charge is 0.338 e. The minimum absolute atomic E-state index is 0.0124. The van der Waals surface area contributed by atoms with E-state index in [-0.39, 0.29) is 12.1 Å². The molecule has 24 heavy (non-hydrogen) atoms. The summed E-state index contributed by atoms with van der Waals surface area (Å²) in [6.45, 7) is 8.99. The van der Waals surface area contributed by atoms with Crippen LogP contribution in [0.5, 0.6) is 0 Å². The van der Waals surface area contributed by atoms with Crippen LogP contribution in [0.4, 0.5) is 4.79 Å². The molecule has 2 amide bonds. The van der Waals surface area contributed by atoms with Gasteiger partial charge in [0.1, 0.15) is 12.2 Å². The van der Waals surface area contributed by atoms with Gasteiger partial charge in [0, 0.05) is 38.3 Å². The van der Waals surface area contributed by atoms with Crippen LogP contribution >= 0.6 is 0 Å². The van der Waals surface area contributed by atoms with Crippen molar-refractivity contribution < 1.29 is 4.79 Å². The molecule has 1 atom stereocenters. The van der Waals surface area contributed by atoms with Crippen molar-refractivity contribution in [2.75, 3.05) is 19.6 Å². The van der Waals surface area contributed by atoms with Gasteiger partial charge in [-0.3, -0.25) is 4.68 Å². The van der Waals surface area contributed by atoms with Gasteiger partial charge in [0.25, 0.3) is 0 Å². The van der Waals surface area contributed by atoms with E-state index in [4.69, 9.17) is 0 Å². The SMILES string of the molecule is CCn1cnnc1CCNC(=O)N1CC[C@H](n2nc(C)cc2C)C1. The monoisotopic (exact) mass is 331 g/mol. The molecular formula is C16H25N7O. The fourth-order valence-electron chi connectivity index (χ4n) is 3.27. The van der Waals surface area contributed by atoms with Gasteiger partial charge in [-0.25, -0.2) is 4.79 Å². The van der Waals surface area contributed by atoms with E-state index in [1.165, 1.54) is 0 Å². The topological polar surface area (TPSA) is 80.9 Å². The van der Waals surface area contributed by atoms with Crippen molar-refractivity contribution in [2.24, 2.45) is 0 Å². The van der Waals surface area contributed by atoms with Crippen molar-refractivity contribution in [2.45, 2.75) is 46.2 Å². The number of likely N-dealkylation sites (tertiary alicyclic amines) is 1. The molecule has 8 nitrogen and oxygen atoms in total. The van der Waals surface area contributed by atoms with Gasteiger partial charge in [0.15, 0.2) is 0 Å². The molecule has 1 fully saturated rings. The zero-order valence-electron chi connectivity index (χ0n) is 14.6. The van der Waals surface area contributed by atoms with Gasteiger partial charge in [-0.05, 0) is 33.3 Å². The molecule has 0 aromatic carbocycles. The second kappa shape index (κ2) is 7.02. The summed E-state index contributed by atoms with van der Waals surface area (Å²) in [7, 11) is 0. The number of hydrogen-bond donors (Lipinski definition) is 1. The molecule has 1 saturated heterocycles. The standard InChI is InChI=1S/C16H25N7O/c1-4-21-11-18-19-15(21)5-7-17-16(24)22-8-6-14(10-22)23-13(3)9-12(2)20-23/h9,11,14H,4-8,10H2,1-3H3,(H,17,24)/t14-/m0/s1. The number of hydrogen-bond acceptors (Lipinski definition) is 4. The van der Waals surface area contributed by atoms with E-state index in [2.05, 4.69) is 40.5 Å². The van der Waals surface area contributed by atoms with Crippen LogP contribution in [0.1, 0.15) is 36.6 Å². The van der Waals surface area contributed by atoms with Crippen LogP contribution in [0.2, 0.25) is 0 Å². The Labute approximate surface area is 141 Å². The Balaban J connectivity index is 1.49. The van der Waals surface area contributed by atoms with Gasteiger partial charge in [0.05, 0.1) is 11.7 Å². The summed E-state index contributed by atoms with van der Waals surface area (Å²) >= 11 is 0. The predicted octanol–water partition coefficient (Wildman–Crippen LogP) is 1.31. The highest BCUT2D eigenvalue weighted by atomic mass is 16.2. The van der Waals surface area contributed by atoms with Gasteiger partial charge in [0.2, 0.25) is 0 Å². The maximum atomic E-state index is 12.3. The minimum atomic E-state index is -0.0124. The van der Waals surface area contributed by atoms with Gasteiger partial charge >= 0.3 is 6.03 Å². The minimum Gasteiger partial charge on any atom is -0.338 e. The first-order chi connectivity index (χ1) is 11.6. The first-order valence-corrected chi connectivity index (χ1v) is 8.50. The number of carbonyl (C=O) groups excluding carboxylic acids is 1. The summed E-state index contributed by atoms with van der Waals surface area (Å²) in [5, 5.41) is 15.5. The molecule has 8 heteroatoms. The number of aromatic nitrogens is 5. The number of nitrogens with one attached hydrogen (secondary N) is 1. The Morgan fingerprint density at radius 1 is 1.42 bits per heavy atom. The third-order valence-electron chi connectivity index (χ3n) is 4.50. The number of amides is 2. The second-order valence-corrected chi connectivity index (χ2v) is 6.28. The number of carbonyl (C=O) groups is 1. The summed E-state index contributed by atoms with van der Waals surface area (Å²) in [6.07, 6.45) is 3.35. The number of aryl methyl sites for hydroxylation is 3. The normalized spacial score (nSPS) is 17.5. The van der Waals surface area contributed by atoms with Crippen LogP contribution in [0, 0.1) is 13.8 Å². The number of urea groups is 1. The quantitative estimate of drug-likeness (QED) is 0.896. The fourth-order valence-corrected chi connectivity index (χ4v) is 3.27. The maximum Gasteiger partial charge on any atom is 0.317 e.